The molecule has 0 N–H and O–H groups in total. The van der Waals surface area contributed by atoms with Crippen molar-refractivity contribution >= 4 is 11.9 Å². The molecule has 0 spiro atoms. The highest BCUT2D eigenvalue weighted by atomic mass is 16.6. The van der Waals surface area contributed by atoms with Crippen LogP contribution in [0.2, 0.25) is 0 Å². The summed E-state index contributed by atoms with van der Waals surface area (Å²) < 4.78 is 14.2. The molecule has 92 valence electrons. The van der Waals surface area contributed by atoms with E-state index in [2.05, 4.69) is 0 Å². The van der Waals surface area contributed by atoms with Crippen LogP contribution in [0, 0.1) is 0 Å². The van der Waals surface area contributed by atoms with Crippen molar-refractivity contribution in [2.75, 3.05) is 26.9 Å². The van der Waals surface area contributed by atoms with Gasteiger partial charge in [-0.3, -0.25) is 0 Å². The van der Waals surface area contributed by atoms with Gasteiger partial charge in [-0.1, -0.05) is 13.3 Å². The van der Waals surface area contributed by atoms with Crippen LogP contribution >= 0.6 is 0 Å². The molecule has 0 atom stereocenters. The monoisotopic (exact) mass is 230 g/mol. The highest BCUT2D eigenvalue weighted by molar-refractivity contribution is 5.91. The van der Waals surface area contributed by atoms with Crippen molar-refractivity contribution < 1.29 is 23.8 Å². The maximum atomic E-state index is 11.0. The van der Waals surface area contributed by atoms with Gasteiger partial charge in [0.15, 0.2) is 0 Å². The second kappa shape index (κ2) is 10.2. The summed E-state index contributed by atoms with van der Waals surface area (Å²) >= 11 is 0. The molecule has 0 aromatic heterocycles. The number of esters is 2. The first-order valence-corrected chi connectivity index (χ1v) is 5.21. The van der Waals surface area contributed by atoms with Gasteiger partial charge in [0, 0.05) is 19.3 Å². The van der Waals surface area contributed by atoms with E-state index >= 15 is 0 Å². The summed E-state index contributed by atoms with van der Waals surface area (Å²) in [5.41, 5.74) is 0. The first kappa shape index (κ1) is 14.6. The third-order valence-electron chi connectivity index (χ3n) is 1.63. The Hall–Kier alpha value is -1.36. The predicted octanol–water partition coefficient (Wildman–Crippen LogP) is 1.08. The molecule has 0 saturated heterocycles. The van der Waals surface area contributed by atoms with Crippen LogP contribution in [0.25, 0.3) is 0 Å². The Kier molecular flexibility index (Phi) is 9.30. The van der Waals surface area contributed by atoms with Crippen LogP contribution in [-0.2, 0) is 23.8 Å². The number of rotatable bonds is 8. The van der Waals surface area contributed by atoms with E-state index < -0.39 is 11.9 Å². The van der Waals surface area contributed by atoms with Crippen LogP contribution in [0.3, 0.4) is 0 Å². The summed E-state index contributed by atoms with van der Waals surface area (Å²) in [7, 11) is 1.51. The number of carbonyl (C=O) groups is 2. The lowest BCUT2D eigenvalue weighted by Crippen LogP contribution is -2.08. The Labute approximate surface area is 95.4 Å². The van der Waals surface area contributed by atoms with Gasteiger partial charge in [-0.2, -0.15) is 0 Å². The number of hydrogen-bond donors (Lipinski definition) is 0. The zero-order valence-corrected chi connectivity index (χ0v) is 9.73. The highest BCUT2D eigenvalue weighted by Gasteiger charge is 2.00. The summed E-state index contributed by atoms with van der Waals surface area (Å²) in [5.74, 6) is -1.11. The maximum absolute atomic E-state index is 11.0. The Balaban J connectivity index is 3.63. The maximum Gasteiger partial charge on any atom is 0.331 e. The first-order valence-electron chi connectivity index (χ1n) is 5.21. The van der Waals surface area contributed by atoms with Crippen LogP contribution in [0.1, 0.15) is 19.8 Å². The number of unbranched alkanes of at least 4 members (excludes halogenated alkanes) is 1. The van der Waals surface area contributed by atoms with E-state index in [0.717, 1.165) is 25.0 Å². The third kappa shape index (κ3) is 9.21. The molecule has 0 aromatic carbocycles. The van der Waals surface area contributed by atoms with E-state index in [1.165, 1.54) is 7.11 Å². The van der Waals surface area contributed by atoms with Gasteiger partial charge in [-0.25, -0.2) is 9.59 Å². The molecule has 0 amide bonds. The van der Waals surface area contributed by atoms with Gasteiger partial charge < -0.3 is 14.2 Å². The van der Waals surface area contributed by atoms with E-state index in [9.17, 15) is 9.59 Å². The van der Waals surface area contributed by atoms with E-state index in [1.807, 2.05) is 6.92 Å². The van der Waals surface area contributed by atoms with Crippen molar-refractivity contribution in [3.63, 3.8) is 0 Å². The fourth-order valence-electron chi connectivity index (χ4n) is 0.775. The normalized spacial score (nSPS) is 10.4. The molecule has 0 aliphatic carbocycles. The van der Waals surface area contributed by atoms with Gasteiger partial charge >= 0.3 is 11.9 Å². The molecule has 5 nitrogen and oxygen atoms in total. The van der Waals surface area contributed by atoms with Gasteiger partial charge in [0.2, 0.25) is 0 Å². The van der Waals surface area contributed by atoms with E-state index in [4.69, 9.17) is 14.2 Å². The molecule has 0 heterocycles. The average molecular weight is 230 g/mol. The number of hydrogen-bond acceptors (Lipinski definition) is 5. The van der Waals surface area contributed by atoms with Crippen molar-refractivity contribution in [1.82, 2.24) is 0 Å². The molecule has 0 unspecified atom stereocenters. The highest BCUT2D eigenvalue weighted by Crippen LogP contribution is 1.90. The van der Waals surface area contributed by atoms with Crippen molar-refractivity contribution in [3.05, 3.63) is 12.2 Å². The van der Waals surface area contributed by atoms with Crippen molar-refractivity contribution in [1.29, 1.82) is 0 Å². The average Bonchev–Trinajstić information content (AvgIpc) is 2.27. The minimum Gasteiger partial charge on any atom is -0.463 e. The van der Waals surface area contributed by atoms with Gasteiger partial charge in [0.05, 0.1) is 13.2 Å². The first-order chi connectivity index (χ1) is 7.70. The zero-order chi connectivity index (χ0) is 12.2. The standard InChI is InChI=1S/C11H18O5/c1-3-4-7-15-10(12)5-6-11(13)16-9-8-14-2/h5-6H,3-4,7-9H2,1-2H3/b6-5-. The van der Waals surface area contributed by atoms with E-state index in [1.54, 1.807) is 0 Å². The minimum absolute atomic E-state index is 0.171. The fraction of sp³-hybridized carbons (Fsp3) is 0.636. The topological polar surface area (TPSA) is 61.8 Å². The molecule has 0 aliphatic rings. The molecule has 0 saturated carbocycles. The van der Waals surface area contributed by atoms with Crippen LogP contribution in [0.15, 0.2) is 12.2 Å². The van der Waals surface area contributed by atoms with E-state index in [0.29, 0.717) is 13.2 Å². The largest absolute Gasteiger partial charge is 0.463 e. The minimum atomic E-state index is -0.579. The molecule has 0 bridgehead atoms. The molecule has 0 radical (unpaired) electrons. The quantitative estimate of drug-likeness (QED) is 0.354. The second-order valence-corrected chi connectivity index (χ2v) is 3.01. The molecule has 0 aliphatic heterocycles. The Morgan fingerprint density at radius 3 is 2.06 bits per heavy atom. The van der Waals surface area contributed by atoms with Gasteiger partial charge in [-0.15, -0.1) is 0 Å². The predicted molar refractivity (Wildman–Crippen MR) is 57.8 cm³/mol. The molecule has 0 rings (SSSR count). The molecule has 0 fully saturated rings. The summed E-state index contributed by atoms with van der Waals surface area (Å²) in [6, 6.07) is 0. The second-order valence-electron chi connectivity index (χ2n) is 3.01. The van der Waals surface area contributed by atoms with Crippen LogP contribution in [-0.4, -0.2) is 38.9 Å². The summed E-state index contributed by atoms with van der Waals surface area (Å²) in [6.07, 6.45) is 3.88. The lowest BCUT2D eigenvalue weighted by atomic mass is 10.4. The molecule has 5 heteroatoms. The van der Waals surface area contributed by atoms with E-state index in [-0.39, 0.29) is 6.61 Å². The van der Waals surface area contributed by atoms with Crippen molar-refractivity contribution in [2.24, 2.45) is 0 Å². The summed E-state index contributed by atoms with van der Waals surface area (Å²) in [4.78, 5) is 22.0. The molecule has 0 aromatic rings. The lowest BCUT2D eigenvalue weighted by molar-refractivity contribution is -0.141. The van der Waals surface area contributed by atoms with Gasteiger partial charge in [0.25, 0.3) is 0 Å². The molecular formula is C11H18O5. The smallest absolute Gasteiger partial charge is 0.331 e. The number of methoxy groups -OCH3 is 1. The molecular weight excluding hydrogens is 212 g/mol. The number of ether oxygens (including phenoxy) is 3. The van der Waals surface area contributed by atoms with Crippen LogP contribution in [0.5, 0.6) is 0 Å². The van der Waals surface area contributed by atoms with Crippen LogP contribution in [0.4, 0.5) is 0 Å². The fourth-order valence-corrected chi connectivity index (χ4v) is 0.775. The number of carbonyl (C=O) groups excluding carboxylic acids is 2. The Morgan fingerprint density at radius 1 is 1.00 bits per heavy atom. The SMILES string of the molecule is CCCCOC(=O)/C=C\C(=O)OCCOC. The van der Waals surface area contributed by atoms with Crippen molar-refractivity contribution in [3.8, 4) is 0 Å². The lowest BCUT2D eigenvalue weighted by Gasteiger charge is -2.00. The third-order valence-corrected chi connectivity index (χ3v) is 1.63. The van der Waals surface area contributed by atoms with Crippen molar-refractivity contribution in [2.45, 2.75) is 19.8 Å². The Morgan fingerprint density at radius 2 is 1.56 bits per heavy atom. The molecule has 16 heavy (non-hydrogen) atoms. The van der Waals surface area contributed by atoms with Crippen LogP contribution < -0.4 is 0 Å². The summed E-state index contributed by atoms with van der Waals surface area (Å²) in [5, 5.41) is 0. The van der Waals surface area contributed by atoms with Gasteiger partial charge in [0.1, 0.15) is 6.61 Å². The Bertz CT molecular complexity index is 211. The summed E-state index contributed by atoms with van der Waals surface area (Å²) in [6.45, 7) is 2.88. The van der Waals surface area contributed by atoms with Gasteiger partial charge in [-0.05, 0) is 6.42 Å². The zero-order valence-electron chi connectivity index (χ0n) is 9.73.